The van der Waals surface area contributed by atoms with E-state index in [1.54, 1.807) is 18.3 Å². The first-order valence-electron chi connectivity index (χ1n) is 5.80. The molecule has 0 aliphatic rings. The van der Waals surface area contributed by atoms with Gasteiger partial charge in [0.1, 0.15) is 23.4 Å². The molecule has 0 saturated carbocycles. The number of pyridine rings is 1. The van der Waals surface area contributed by atoms with Crippen LogP contribution in [0.2, 0.25) is 0 Å². The van der Waals surface area contributed by atoms with Gasteiger partial charge in [0.25, 0.3) is 0 Å². The van der Waals surface area contributed by atoms with Crippen molar-refractivity contribution < 1.29 is 4.42 Å². The molecule has 2 heterocycles. The highest BCUT2D eigenvalue weighted by molar-refractivity contribution is 5.52. The molecule has 0 unspecified atom stereocenters. The summed E-state index contributed by atoms with van der Waals surface area (Å²) >= 11 is 0. The molecule has 4 nitrogen and oxygen atoms in total. The number of hydrogen-bond acceptors (Lipinski definition) is 4. The van der Waals surface area contributed by atoms with Crippen LogP contribution in [0.25, 0.3) is 0 Å². The van der Waals surface area contributed by atoms with E-state index in [4.69, 9.17) is 9.68 Å². The molecule has 0 amide bonds. The highest BCUT2D eigenvalue weighted by Crippen LogP contribution is 2.25. The Morgan fingerprint density at radius 1 is 1.44 bits per heavy atom. The van der Waals surface area contributed by atoms with Gasteiger partial charge in [-0.25, -0.2) is 4.98 Å². The SMILES string of the molecule is Cc1cc([C@H](C)Nc2ncccc2C#N)c(C)o1. The summed E-state index contributed by atoms with van der Waals surface area (Å²) in [5.74, 6) is 2.38. The molecule has 0 aliphatic heterocycles. The third kappa shape index (κ3) is 2.35. The lowest BCUT2D eigenvalue weighted by Gasteiger charge is -2.14. The molecule has 0 bridgehead atoms. The van der Waals surface area contributed by atoms with E-state index in [0.717, 1.165) is 17.1 Å². The molecule has 0 radical (unpaired) electrons. The maximum Gasteiger partial charge on any atom is 0.144 e. The van der Waals surface area contributed by atoms with E-state index in [1.165, 1.54) is 0 Å². The van der Waals surface area contributed by atoms with Crippen molar-refractivity contribution in [3.8, 4) is 6.07 Å². The molecule has 2 aromatic rings. The number of nitrogens with zero attached hydrogens (tertiary/aromatic N) is 2. The van der Waals surface area contributed by atoms with Gasteiger partial charge in [-0.1, -0.05) is 0 Å². The molecule has 0 aliphatic carbocycles. The number of furan rings is 1. The van der Waals surface area contributed by atoms with Crippen LogP contribution in [0, 0.1) is 25.2 Å². The Balaban J connectivity index is 2.24. The van der Waals surface area contributed by atoms with Crippen molar-refractivity contribution in [3.05, 3.63) is 47.0 Å². The fraction of sp³-hybridized carbons (Fsp3) is 0.286. The Morgan fingerprint density at radius 3 is 2.83 bits per heavy atom. The van der Waals surface area contributed by atoms with E-state index < -0.39 is 0 Å². The van der Waals surface area contributed by atoms with E-state index >= 15 is 0 Å². The molecule has 1 atom stereocenters. The fourth-order valence-corrected chi connectivity index (χ4v) is 1.97. The number of aryl methyl sites for hydroxylation is 2. The van der Waals surface area contributed by atoms with Crippen LogP contribution in [0.3, 0.4) is 0 Å². The molecular formula is C14H15N3O. The monoisotopic (exact) mass is 241 g/mol. The molecule has 92 valence electrons. The van der Waals surface area contributed by atoms with Gasteiger partial charge in [-0.3, -0.25) is 0 Å². The quantitative estimate of drug-likeness (QED) is 0.895. The summed E-state index contributed by atoms with van der Waals surface area (Å²) in [6.45, 7) is 5.88. The van der Waals surface area contributed by atoms with Gasteiger partial charge in [0.15, 0.2) is 0 Å². The molecule has 0 aromatic carbocycles. The van der Waals surface area contributed by atoms with Crippen LogP contribution in [0.1, 0.15) is 35.6 Å². The molecule has 1 N–H and O–H groups in total. The number of nitriles is 1. The summed E-state index contributed by atoms with van der Waals surface area (Å²) in [5, 5.41) is 12.3. The maximum absolute atomic E-state index is 9.01. The predicted octanol–water partition coefficient (Wildman–Crippen LogP) is 3.34. The largest absolute Gasteiger partial charge is 0.466 e. The number of aromatic nitrogens is 1. The smallest absolute Gasteiger partial charge is 0.144 e. The topological polar surface area (TPSA) is 61.9 Å². The van der Waals surface area contributed by atoms with Crippen molar-refractivity contribution in [2.24, 2.45) is 0 Å². The first kappa shape index (κ1) is 12.2. The van der Waals surface area contributed by atoms with E-state index in [2.05, 4.69) is 16.4 Å². The highest BCUT2D eigenvalue weighted by Gasteiger charge is 2.14. The van der Waals surface area contributed by atoms with Gasteiger partial charge in [0, 0.05) is 11.8 Å². The molecule has 4 heteroatoms. The minimum atomic E-state index is 0.0458. The number of rotatable bonds is 3. The molecule has 2 rings (SSSR count). The summed E-state index contributed by atoms with van der Waals surface area (Å²) < 4.78 is 5.50. The number of nitrogens with one attached hydrogen (secondary N) is 1. The average Bonchev–Trinajstić information content (AvgIpc) is 2.69. The van der Waals surface area contributed by atoms with E-state index in [1.807, 2.05) is 26.8 Å². The molecule has 0 fully saturated rings. The first-order valence-corrected chi connectivity index (χ1v) is 5.80. The second-order valence-corrected chi connectivity index (χ2v) is 4.25. The van der Waals surface area contributed by atoms with Crippen molar-refractivity contribution in [2.45, 2.75) is 26.8 Å². The van der Waals surface area contributed by atoms with Crippen molar-refractivity contribution >= 4 is 5.82 Å². The van der Waals surface area contributed by atoms with Gasteiger partial charge in [0.05, 0.1) is 11.6 Å². The van der Waals surface area contributed by atoms with Gasteiger partial charge in [-0.15, -0.1) is 0 Å². The second kappa shape index (κ2) is 4.92. The van der Waals surface area contributed by atoms with Crippen LogP contribution in [0.5, 0.6) is 0 Å². The lowest BCUT2D eigenvalue weighted by molar-refractivity contribution is 0.499. The fourth-order valence-electron chi connectivity index (χ4n) is 1.97. The van der Waals surface area contributed by atoms with Crippen molar-refractivity contribution in [2.75, 3.05) is 5.32 Å². The Morgan fingerprint density at radius 2 is 2.22 bits per heavy atom. The molecular weight excluding hydrogens is 226 g/mol. The minimum absolute atomic E-state index is 0.0458. The Hall–Kier alpha value is -2.28. The first-order chi connectivity index (χ1) is 8.61. The predicted molar refractivity (Wildman–Crippen MR) is 69.2 cm³/mol. The second-order valence-electron chi connectivity index (χ2n) is 4.25. The van der Waals surface area contributed by atoms with Gasteiger partial charge in [-0.2, -0.15) is 5.26 Å². The van der Waals surface area contributed by atoms with Gasteiger partial charge in [0.2, 0.25) is 0 Å². The van der Waals surface area contributed by atoms with Gasteiger partial charge in [-0.05, 0) is 39.0 Å². The maximum atomic E-state index is 9.01. The Kier molecular flexibility index (Phi) is 3.33. The summed E-state index contributed by atoms with van der Waals surface area (Å²) in [5.41, 5.74) is 1.63. The van der Waals surface area contributed by atoms with Crippen LogP contribution >= 0.6 is 0 Å². The molecule has 0 saturated heterocycles. The van der Waals surface area contributed by atoms with Crippen LogP contribution in [0.15, 0.2) is 28.8 Å². The van der Waals surface area contributed by atoms with Gasteiger partial charge < -0.3 is 9.73 Å². The third-order valence-electron chi connectivity index (χ3n) is 2.83. The minimum Gasteiger partial charge on any atom is -0.466 e. The lowest BCUT2D eigenvalue weighted by atomic mass is 10.1. The van der Waals surface area contributed by atoms with Crippen LogP contribution < -0.4 is 5.32 Å². The van der Waals surface area contributed by atoms with Crippen LogP contribution in [-0.4, -0.2) is 4.98 Å². The summed E-state index contributed by atoms with van der Waals surface area (Å²) in [6.07, 6.45) is 1.67. The average molecular weight is 241 g/mol. The van der Waals surface area contributed by atoms with Crippen molar-refractivity contribution in [1.29, 1.82) is 5.26 Å². The lowest BCUT2D eigenvalue weighted by Crippen LogP contribution is -2.09. The molecule has 18 heavy (non-hydrogen) atoms. The normalized spacial score (nSPS) is 11.9. The van der Waals surface area contributed by atoms with Gasteiger partial charge >= 0.3 is 0 Å². The van der Waals surface area contributed by atoms with E-state index in [0.29, 0.717) is 11.4 Å². The zero-order valence-corrected chi connectivity index (χ0v) is 10.7. The van der Waals surface area contributed by atoms with Crippen molar-refractivity contribution in [1.82, 2.24) is 4.98 Å². The van der Waals surface area contributed by atoms with Crippen LogP contribution in [0.4, 0.5) is 5.82 Å². The zero-order valence-electron chi connectivity index (χ0n) is 10.7. The number of anilines is 1. The third-order valence-corrected chi connectivity index (χ3v) is 2.83. The zero-order chi connectivity index (χ0) is 13.1. The summed E-state index contributed by atoms with van der Waals surface area (Å²) in [6, 6.07) is 7.67. The Labute approximate surface area is 106 Å². The molecule has 0 spiro atoms. The Bertz CT molecular complexity index is 595. The standard InChI is InChI=1S/C14H15N3O/c1-9-7-13(11(3)18-9)10(2)17-14-12(8-15)5-4-6-16-14/h4-7,10H,1-3H3,(H,16,17)/t10-/m0/s1. The van der Waals surface area contributed by atoms with E-state index in [-0.39, 0.29) is 6.04 Å². The van der Waals surface area contributed by atoms with Crippen molar-refractivity contribution in [3.63, 3.8) is 0 Å². The van der Waals surface area contributed by atoms with E-state index in [9.17, 15) is 0 Å². The highest BCUT2D eigenvalue weighted by atomic mass is 16.3. The number of hydrogen-bond donors (Lipinski definition) is 1. The summed E-state index contributed by atoms with van der Waals surface area (Å²) in [4.78, 5) is 4.19. The summed E-state index contributed by atoms with van der Waals surface area (Å²) in [7, 11) is 0. The van der Waals surface area contributed by atoms with Crippen LogP contribution in [-0.2, 0) is 0 Å². The molecule has 2 aromatic heterocycles.